The highest BCUT2D eigenvalue weighted by molar-refractivity contribution is 7.89. The predicted octanol–water partition coefficient (Wildman–Crippen LogP) is 4.19. The van der Waals surface area contributed by atoms with Gasteiger partial charge in [-0.25, -0.2) is 13.2 Å². The van der Waals surface area contributed by atoms with E-state index in [1.807, 2.05) is 43.3 Å². The summed E-state index contributed by atoms with van der Waals surface area (Å²) in [6.07, 6.45) is 0.605. The first-order valence-corrected chi connectivity index (χ1v) is 12.5. The van der Waals surface area contributed by atoms with E-state index in [-0.39, 0.29) is 22.0 Å². The van der Waals surface area contributed by atoms with Gasteiger partial charge in [0, 0.05) is 18.8 Å². The molecule has 0 atom stereocenters. The molecule has 0 saturated heterocycles. The van der Waals surface area contributed by atoms with Gasteiger partial charge in [-0.15, -0.1) is 0 Å². The maximum absolute atomic E-state index is 13.2. The smallest absolute Gasteiger partial charge is 0.340 e. The van der Waals surface area contributed by atoms with Crippen LogP contribution in [0.15, 0.2) is 71.6 Å². The number of amides is 1. The summed E-state index contributed by atoms with van der Waals surface area (Å²) >= 11 is 6.14. The van der Waals surface area contributed by atoms with Gasteiger partial charge in [-0.1, -0.05) is 53.6 Å². The van der Waals surface area contributed by atoms with E-state index >= 15 is 0 Å². The Bertz CT molecular complexity index is 1340. The van der Waals surface area contributed by atoms with Crippen LogP contribution in [0.3, 0.4) is 0 Å². The summed E-state index contributed by atoms with van der Waals surface area (Å²) in [4.78, 5) is 24.7. The number of hydrogen-bond acceptors (Lipinski definition) is 5. The summed E-state index contributed by atoms with van der Waals surface area (Å²) in [5.74, 6) is -1.41. The topological polar surface area (TPSA) is 92.8 Å². The Kier molecular flexibility index (Phi) is 7.02. The zero-order chi connectivity index (χ0) is 24.3. The summed E-state index contributed by atoms with van der Waals surface area (Å²) < 4.78 is 32.9. The fraction of sp³-hybridized carbons (Fsp3) is 0.200. The van der Waals surface area contributed by atoms with Crippen molar-refractivity contribution in [1.29, 1.82) is 0 Å². The lowest BCUT2D eigenvalue weighted by Crippen LogP contribution is -2.36. The van der Waals surface area contributed by atoms with E-state index in [0.29, 0.717) is 18.7 Å². The number of fused-ring (bicyclic) bond motifs is 1. The summed E-state index contributed by atoms with van der Waals surface area (Å²) in [5.41, 5.74) is 3.57. The number of carbonyl (C=O) groups excluding carboxylic acids is 2. The molecule has 0 aromatic heterocycles. The molecule has 3 aromatic carbocycles. The average Bonchev–Trinajstić information content (AvgIpc) is 2.83. The van der Waals surface area contributed by atoms with Gasteiger partial charge in [0.2, 0.25) is 10.0 Å². The van der Waals surface area contributed by atoms with E-state index in [0.717, 1.165) is 16.7 Å². The first-order chi connectivity index (χ1) is 16.2. The van der Waals surface area contributed by atoms with Crippen LogP contribution >= 0.6 is 11.6 Å². The highest BCUT2D eigenvalue weighted by atomic mass is 35.5. The predicted molar refractivity (Wildman–Crippen MR) is 129 cm³/mol. The van der Waals surface area contributed by atoms with Crippen LogP contribution in [0.1, 0.15) is 27.0 Å². The van der Waals surface area contributed by atoms with Crippen LogP contribution in [-0.4, -0.2) is 37.8 Å². The number of benzene rings is 3. The molecule has 1 amide bonds. The van der Waals surface area contributed by atoms with E-state index in [1.54, 1.807) is 12.1 Å². The first-order valence-electron chi connectivity index (χ1n) is 10.6. The molecule has 0 unspecified atom stereocenters. The Morgan fingerprint density at radius 3 is 2.47 bits per heavy atom. The Balaban J connectivity index is 1.45. The van der Waals surface area contributed by atoms with Gasteiger partial charge in [0.1, 0.15) is 0 Å². The minimum Gasteiger partial charge on any atom is -0.452 e. The third-order valence-corrected chi connectivity index (χ3v) is 7.73. The Morgan fingerprint density at radius 1 is 1.03 bits per heavy atom. The second-order valence-electron chi connectivity index (χ2n) is 7.99. The molecule has 0 fully saturated rings. The second-order valence-corrected chi connectivity index (χ2v) is 10.3. The molecule has 34 heavy (non-hydrogen) atoms. The number of carbonyl (C=O) groups is 2. The summed E-state index contributed by atoms with van der Waals surface area (Å²) in [6.45, 7) is 1.97. The molecule has 9 heteroatoms. The van der Waals surface area contributed by atoms with Gasteiger partial charge in [0.15, 0.2) is 6.61 Å². The number of anilines is 1. The van der Waals surface area contributed by atoms with Crippen LogP contribution < -0.4 is 5.32 Å². The maximum Gasteiger partial charge on any atom is 0.340 e. The summed E-state index contributed by atoms with van der Waals surface area (Å²) in [7, 11) is -3.87. The lowest BCUT2D eigenvalue weighted by molar-refractivity contribution is -0.119. The third-order valence-electron chi connectivity index (χ3n) is 5.56. The zero-order valence-corrected chi connectivity index (χ0v) is 20.0. The minimum absolute atomic E-state index is 0.0342. The molecule has 1 aliphatic rings. The van der Waals surface area contributed by atoms with Crippen LogP contribution in [0.25, 0.3) is 0 Å². The fourth-order valence-electron chi connectivity index (χ4n) is 3.69. The number of nitrogens with one attached hydrogen (secondary N) is 1. The van der Waals surface area contributed by atoms with Gasteiger partial charge < -0.3 is 10.1 Å². The normalized spacial score (nSPS) is 13.7. The molecule has 0 spiro atoms. The van der Waals surface area contributed by atoms with Gasteiger partial charge >= 0.3 is 5.97 Å². The fourth-order valence-corrected chi connectivity index (χ4v) is 5.33. The Hall–Kier alpha value is -3.20. The van der Waals surface area contributed by atoms with Crippen molar-refractivity contribution in [2.75, 3.05) is 18.5 Å². The van der Waals surface area contributed by atoms with Gasteiger partial charge in [-0.3, -0.25) is 4.79 Å². The number of esters is 1. The summed E-state index contributed by atoms with van der Waals surface area (Å²) in [5, 5.41) is 2.66. The van der Waals surface area contributed by atoms with E-state index in [4.69, 9.17) is 16.3 Å². The lowest BCUT2D eigenvalue weighted by Gasteiger charge is -2.28. The SMILES string of the molecule is Cc1ccc(NC(=O)COC(=O)c2cc(S(=O)(=O)N3CCc4ccccc4C3)ccc2Cl)cc1. The molecule has 1 heterocycles. The maximum atomic E-state index is 13.2. The molecule has 0 bridgehead atoms. The molecule has 4 rings (SSSR count). The van der Waals surface area contributed by atoms with E-state index in [1.165, 1.54) is 22.5 Å². The molecule has 176 valence electrons. The number of rotatable bonds is 6. The number of halogens is 1. The van der Waals surface area contributed by atoms with Crippen LogP contribution in [0, 0.1) is 6.92 Å². The van der Waals surface area contributed by atoms with Crippen molar-refractivity contribution in [3.05, 3.63) is 94.0 Å². The highest BCUT2D eigenvalue weighted by Gasteiger charge is 2.29. The van der Waals surface area contributed by atoms with Crippen molar-refractivity contribution in [2.24, 2.45) is 0 Å². The van der Waals surface area contributed by atoms with Crippen molar-refractivity contribution in [2.45, 2.75) is 24.8 Å². The van der Waals surface area contributed by atoms with E-state index in [9.17, 15) is 18.0 Å². The summed E-state index contributed by atoms with van der Waals surface area (Å²) in [6, 6.07) is 18.8. The average molecular weight is 499 g/mol. The van der Waals surface area contributed by atoms with E-state index < -0.39 is 28.5 Å². The van der Waals surface area contributed by atoms with Gasteiger partial charge in [0.25, 0.3) is 5.91 Å². The molecule has 1 aliphatic heterocycles. The second kappa shape index (κ2) is 9.97. The van der Waals surface area contributed by atoms with Gasteiger partial charge in [-0.05, 0) is 54.8 Å². The number of nitrogens with zero attached hydrogens (tertiary/aromatic N) is 1. The number of aryl methyl sites for hydroxylation is 1. The first kappa shape index (κ1) is 23.9. The molecule has 0 aliphatic carbocycles. The van der Waals surface area contributed by atoms with Crippen LogP contribution in [0.4, 0.5) is 5.69 Å². The van der Waals surface area contributed by atoms with Crippen molar-refractivity contribution >= 4 is 39.2 Å². The van der Waals surface area contributed by atoms with Gasteiger partial charge in [-0.2, -0.15) is 4.31 Å². The van der Waals surface area contributed by atoms with E-state index in [2.05, 4.69) is 5.32 Å². The number of sulfonamides is 1. The molecule has 7 nitrogen and oxygen atoms in total. The van der Waals surface area contributed by atoms with Crippen LogP contribution in [-0.2, 0) is 32.5 Å². The standard InChI is InChI=1S/C25H23ClN2O5S/c1-17-6-8-20(9-7-17)27-24(29)16-33-25(30)22-14-21(10-11-23(22)26)34(31,32)28-13-12-18-4-2-3-5-19(18)15-28/h2-11,14H,12-13,15-16H2,1H3,(H,27,29). The third kappa shape index (κ3) is 5.30. The Labute approximate surface area is 203 Å². The number of ether oxygens (including phenoxy) is 1. The van der Waals surface area contributed by atoms with Crippen molar-refractivity contribution in [3.63, 3.8) is 0 Å². The van der Waals surface area contributed by atoms with Crippen LogP contribution in [0.5, 0.6) is 0 Å². The van der Waals surface area contributed by atoms with Crippen molar-refractivity contribution in [1.82, 2.24) is 4.31 Å². The van der Waals surface area contributed by atoms with Crippen LogP contribution in [0.2, 0.25) is 5.02 Å². The minimum atomic E-state index is -3.87. The molecule has 1 N–H and O–H groups in total. The Morgan fingerprint density at radius 2 is 1.74 bits per heavy atom. The number of hydrogen-bond donors (Lipinski definition) is 1. The molecule has 0 saturated carbocycles. The molecular weight excluding hydrogens is 476 g/mol. The molecule has 3 aromatic rings. The monoisotopic (exact) mass is 498 g/mol. The van der Waals surface area contributed by atoms with Crippen molar-refractivity contribution < 1.29 is 22.7 Å². The van der Waals surface area contributed by atoms with Crippen molar-refractivity contribution in [3.8, 4) is 0 Å². The molecule has 0 radical (unpaired) electrons. The molecular formula is C25H23ClN2O5S. The van der Waals surface area contributed by atoms with Gasteiger partial charge in [0.05, 0.1) is 15.5 Å². The largest absolute Gasteiger partial charge is 0.452 e. The highest BCUT2D eigenvalue weighted by Crippen LogP contribution is 2.27. The quantitative estimate of drug-likeness (QED) is 0.514. The lowest BCUT2D eigenvalue weighted by atomic mass is 10.0. The zero-order valence-electron chi connectivity index (χ0n) is 18.5.